The van der Waals surface area contributed by atoms with Gasteiger partial charge in [0.05, 0.1) is 31.1 Å². The zero-order valence-corrected chi connectivity index (χ0v) is 16.4. The van der Waals surface area contributed by atoms with Crippen LogP contribution in [0.5, 0.6) is 0 Å². The van der Waals surface area contributed by atoms with Crippen LogP contribution in [-0.2, 0) is 16.6 Å². The largest absolute Gasteiger partial charge is 0.379 e. The summed E-state index contributed by atoms with van der Waals surface area (Å²) < 4.78 is 7.17. The summed E-state index contributed by atoms with van der Waals surface area (Å²) in [7, 11) is 1.89. The van der Waals surface area contributed by atoms with Crippen LogP contribution < -0.4 is 5.32 Å². The number of hydrogen-bond acceptors (Lipinski definition) is 6. The van der Waals surface area contributed by atoms with E-state index in [1.54, 1.807) is 10.9 Å². The van der Waals surface area contributed by atoms with Gasteiger partial charge in [-0.05, 0) is 25.0 Å². The van der Waals surface area contributed by atoms with E-state index in [-0.39, 0.29) is 11.8 Å². The fourth-order valence-corrected chi connectivity index (χ4v) is 4.10. The maximum Gasteiger partial charge on any atom is 0.228 e. The smallest absolute Gasteiger partial charge is 0.228 e. The third kappa shape index (κ3) is 3.73. The summed E-state index contributed by atoms with van der Waals surface area (Å²) in [5.74, 6) is 0.681. The summed E-state index contributed by atoms with van der Waals surface area (Å²) >= 11 is 0. The zero-order chi connectivity index (χ0) is 19.8. The van der Waals surface area contributed by atoms with Gasteiger partial charge in [-0.1, -0.05) is 0 Å². The monoisotopic (exact) mass is 392 g/mol. The van der Waals surface area contributed by atoms with Crippen molar-refractivity contribution in [1.29, 1.82) is 0 Å². The maximum atomic E-state index is 12.6. The molecule has 8 nitrogen and oxygen atoms in total. The molecule has 1 aliphatic heterocycles. The van der Waals surface area contributed by atoms with Crippen LogP contribution in [0.25, 0.3) is 22.0 Å². The Labute approximate surface area is 168 Å². The lowest BCUT2D eigenvalue weighted by Crippen LogP contribution is -2.52. The van der Waals surface area contributed by atoms with Crippen molar-refractivity contribution in [3.05, 3.63) is 36.9 Å². The SMILES string of the molecule is Cn1cc(-c2cnc3cnc(NC(=O)[C@H]4C[C@H](N5CCOCC5)C4)cc3c2)cn1. The molecule has 150 valence electrons. The lowest BCUT2D eigenvalue weighted by Gasteiger charge is -2.43. The zero-order valence-electron chi connectivity index (χ0n) is 16.4. The van der Waals surface area contributed by atoms with Gasteiger partial charge in [0.2, 0.25) is 5.91 Å². The average Bonchev–Trinajstić information content (AvgIpc) is 3.13. The quantitative estimate of drug-likeness (QED) is 0.732. The number of morpholine rings is 1. The van der Waals surface area contributed by atoms with E-state index in [9.17, 15) is 4.79 Å². The first kappa shape index (κ1) is 18.2. The Kier molecular flexibility index (Phi) is 4.73. The number of aryl methyl sites for hydroxylation is 1. The number of nitrogens with one attached hydrogen (secondary N) is 1. The van der Waals surface area contributed by atoms with Gasteiger partial charge in [-0.15, -0.1) is 0 Å². The Hall–Kier alpha value is -2.84. The Morgan fingerprint density at radius 2 is 1.93 bits per heavy atom. The summed E-state index contributed by atoms with van der Waals surface area (Å²) in [6, 6.07) is 4.44. The first-order valence-electron chi connectivity index (χ1n) is 10.0. The molecule has 0 bridgehead atoms. The van der Waals surface area contributed by atoms with Crippen LogP contribution in [-0.4, -0.2) is 62.9 Å². The highest BCUT2D eigenvalue weighted by Crippen LogP contribution is 2.33. The van der Waals surface area contributed by atoms with Gasteiger partial charge in [-0.2, -0.15) is 5.10 Å². The number of nitrogens with zero attached hydrogens (tertiary/aromatic N) is 5. The fourth-order valence-electron chi connectivity index (χ4n) is 4.10. The molecule has 3 aromatic rings. The minimum absolute atomic E-state index is 0.0535. The second-order valence-corrected chi connectivity index (χ2v) is 7.85. The molecule has 0 radical (unpaired) electrons. The van der Waals surface area contributed by atoms with E-state index in [0.717, 1.165) is 61.2 Å². The molecule has 0 unspecified atom stereocenters. The standard InChI is InChI=1S/C21H24N6O2/c1-26-13-17(11-24-26)16-6-14-9-20(23-12-19(14)22-10-16)25-21(28)15-7-18(8-15)27-2-4-29-5-3-27/h6,9-13,15,18H,2-5,7-8H2,1H3,(H,23,25,28)/t15-,18-. The minimum atomic E-state index is 0.0535. The molecule has 4 heterocycles. The Morgan fingerprint density at radius 1 is 1.10 bits per heavy atom. The molecule has 0 spiro atoms. The van der Waals surface area contributed by atoms with E-state index in [4.69, 9.17) is 4.74 Å². The van der Waals surface area contributed by atoms with Crippen LogP contribution in [0.1, 0.15) is 12.8 Å². The van der Waals surface area contributed by atoms with Crippen molar-refractivity contribution in [1.82, 2.24) is 24.6 Å². The number of anilines is 1. The summed E-state index contributed by atoms with van der Waals surface area (Å²) in [5.41, 5.74) is 2.79. The van der Waals surface area contributed by atoms with E-state index in [0.29, 0.717) is 11.9 Å². The predicted octanol–water partition coefficient (Wildman–Crippen LogP) is 2.08. The number of pyridine rings is 2. The highest BCUT2D eigenvalue weighted by molar-refractivity contribution is 5.94. The average molecular weight is 392 g/mol. The molecule has 1 saturated heterocycles. The molecule has 8 heteroatoms. The van der Waals surface area contributed by atoms with E-state index in [1.165, 1.54) is 0 Å². The normalized spacial score (nSPS) is 22.4. The van der Waals surface area contributed by atoms with Crippen LogP contribution >= 0.6 is 0 Å². The van der Waals surface area contributed by atoms with Crippen LogP contribution in [0.4, 0.5) is 5.82 Å². The molecule has 1 amide bonds. The molecule has 3 aromatic heterocycles. The van der Waals surface area contributed by atoms with E-state index in [2.05, 4.69) is 31.3 Å². The first-order valence-corrected chi connectivity index (χ1v) is 10.0. The van der Waals surface area contributed by atoms with Gasteiger partial charge in [-0.3, -0.25) is 19.4 Å². The molecule has 2 aliphatic rings. The summed E-state index contributed by atoms with van der Waals surface area (Å²) in [6.45, 7) is 3.53. The summed E-state index contributed by atoms with van der Waals surface area (Å²) in [5, 5.41) is 8.14. The number of hydrogen-bond donors (Lipinski definition) is 1. The molecular formula is C21H24N6O2. The predicted molar refractivity (Wildman–Crippen MR) is 109 cm³/mol. The van der Waals surface area contributed by atoms with E-state index < -0.39 is 0 Å². The van der Waals surface area contributed by atoms with Crippen molar-refractivity contribution in [2.75, 3.05) is 31.6 Å². The van der Waals surface area contributed by atoms with Crippen LogP contribution in [0, 0.1) is 5.92 Å². The molecular weight excluding hydrogens is 368 g/mol. The lowest BCUT2D eigenvalue weighted by molar-refractivity contribution is -0.125. The second-order valence-electron chi connectivity index (χ2n) is 7.85. The lowest BCUT2D eigenvalue weighted by atomic mass is 9.78. The van der Waals surface area contributed by atoms with Gasteiger partial charge in [0.15, 0.2) is 0 Å². The Balaban J connectivity index is 1.26. The molecule has 1 saturated carbocycles. The van der Waals surface area contributed by atoms with Gasteiger partial charge >= 0.3 is 0 Å². The van der Waals surface area contributed by atoms with Crippen LogP contribution in [0.2, 0.25) is 0 Å². The van der Waals surface area contributed by atoms with Crippen molar-refractivity contribution in [2.45, 2.75) is 18.9 Å². The molecule has 2 fully saturated rings. The minimum Gasteiger partial charge on any atom is -0.379 e. The first-order chi connectivity index (χ1) is 14.2. The number of amides is 1. The van der Waals surface area contributed by atoms with Gasteiger partial charge in [0, 0.05) is 61.0 Å². The van der Waals surface area contributed by atoms with Gasteiger partial charge in [0.1, 0.15) is 5.82 Å². The number of ether oxygens (including phenoxy) is 1. The Bertz CT molecular complexity index is 1040. The van der Waals surface area contributed by atoms with Gasteiger partial charge < -0.3 is 10.1 Å². The molecule has 0 aromatic carbocycles. The molecule has 29 heavy (non-hydrogen) atoms. The second kappa shape index (κ2) is 7.53. The molecule has 0 atom stereocenters. The van der Waals surface area contributed by atoms with E-state index >= 15 is 0 Å². The fraction of sp³-hybridized carbons (Fsp3) is 0.429. The molecule has 1 N–H and O–H groups in total. The van der Waals surface area contributed by atoms with Crippen LogP contribution in [0.15, 0.2) is 36.9 Å². The Morgan fingerprint density at radius 3 is 2.69 bits per heavy atom. The van der Waals surface area contributed by atoms with Gasteiger partial charge in [-0.25, -0.2) is 4.98 Å². The van der Waals surface area contributed by atoms with E-state index in [1.807, 2.05) is 31.7 Å². The highest BCUT2D eigenvalue weighted by atomic mass is 16.5. The number of fused-ring (bicyclic) bond motifs is 1. The van der Waals surface area contributed by atoms with Crippen molar-refractivity contribution in [2.24, 2.45) is 13.0 Å². The third-order valence-electron chi connectivity index (χ3n) is 5.90. The number of carbonyl (C=O) groups excluding carboxylic acids is 1. The number of carbonyl (C=O) groups is 1. The van der Waals surface area contributed by atoms with Crippen molar-refractivity contribution < 1.29 is 9.53 Å². The summed E-state index contributed by atoms with van der Waals surface area (Å²) in [4.78, 5) is 23.9. The topological polar surface area (TPSA) is 85.2 Å². The summed E-state index contributed by atoms with van der Waals surface area (Å²) in [6.07, 6.45) is 9.11. The van der Waals surface area contributed by atoms with Gasteiger partial charge in [0.25, 0.3) is 0 Å². The number of rotatable bonds is 4. The maximum absolute atomic E-state index is 12.6. The van der Waals surface area contributed by atoms with Crippen molar-refractivity contribution in [3.8, 4) is 11.1 Å². The highest BCUT2D eigenvalue weighted by Gasteiger charge is 2.38. The third-order valence-corrected chi connectivity index (χ3v) is 5.90. The van der Waals surface area contributed by atoms with Crippen molar-refractivity contribution in [3.63, 3.8) is 0 Å². The van der Waals surface area contributed by atoms with Crippen molar-refractivity contribution >= 4 is 22.6 Å². The number of aromatic nitrogens is 4. The van der Waals surface area contributed by atoms with Crippen LogP contribution in [0.3, 0.4) is 0 Å². The molecule has 5 rings (SSSR count). The molecule has 1 aliphatic carbocycles.